The van der Waals surface area contributed by atoms with Crippen molar-refractivity contribution in [3.05, 3.63) is 29.3 Å². The van der Waals surface area contributed by atoms with Gasteiger partial charge in [-0.25, -0.2) is 0 Å². The molecule has 1 aromatic carbocycles. The van der Waals surface area contributed by atoms with Crippen LogP contribution in [0.2, 0.25) is 0 Å². The minimum absolute atomic E-state index is 0.684. The molecule has 0 bridgehead atoms. The first-order valence-corrected chi connectivity index (χ1v) is 4.99. The minimum atomic E-state index is -0.741. The van der Waals surface area contributed by atoms with Gasteiger partial charge in [-0.15, -0.1) is 0 Å². The molecular weight excluding hydrogens is 192 g/mol. The fourth-order valence-electron chi connectivity index (χ4n) is 2.12. The maximum Gasteiger partial charge on any atom is 0.314 e. The Morgan fingerprint density at radius 3 is 2.60 bits per heavy atom. The molecule has 1 aliphatic rings. The van der Waals surface area contributed by atoms with Crippen molar-refractivity contribution in [2.24, 2.45) is 0 Å². The van der Waals surface area contributed by atoms with Crippen LogP contribution in [0.3, 0.4) is 0 Å². The predicted molar refractivity (Wildman–Crippen MR) is 56.3 cm³/mol. The van der Waals surface area contributed by atoms with Gasteiger partial charge in [-0.3, -0.25) is 4.79 Å². The molecule has 3 heteroatoms. The molecule has 3 nitrogen and oxygen atoms in total. The number of aryl methyl sites for hydroxylation is 1. The summed E-state index contributed by atoms with van der Waals surface area (Å²) in [5.41, 5.74) is 1.16. The molecule has 0 unspecified atom stereocenters. The molecule has 1 aliphatic carbocycles. The molecule has 1 saturated carbocycles. The summed E-state index contributed by atoms with van der Waals surface area (Å²) in [6, 6.07) is 5.64. The number of ether oxygens (including phenoxy) is 1. The summed E-state index contributed by atoms with van der Waals surface area (Å²) in [4.78, 5) is 11.2. The number of methoxy groups -OCH3 is 1. The third-order valence-corrected chi connectivity index (χ3v) is 3.09. The molecule has 80 valence electrons. The number of carbonyl (C=O) groups is 1. The molecule has 0 heterocycles. The van der Waals surface area contributed by atoms with Gasteiger partial charge in [0, 0.05) is 5.56 Å². The molecule has 1 aromatic rings. The van der Waals surface area contributed by atoms with E-state index in [9.17, 15) is 9.90 Å². The predicted octanol–water partition coefficient (Wildman–Crippen LogP) is 2.12. The summed E-state index contributed by atoms with van der Waals surface area (Å²) in [5, 5.41) is 9.25. The molecule has 2 rings (SSSR count). The van der Waals surface area contributed by atoms with Gasteiger partial charge in [-0.1, -0.05) is 12.1 Å². The highest BCUT2D eigenvalue weighted by atomic mass is 16.5. The highest BCUT2D eigenvalue weighted by molar-refractivity contribution is 5.86. The van der Waals surface area contributed by atoms with E-state index >= 15 is 0 Å². The standard InChI is InChI=1S/C12H14O3/c1-8-4-3-5-9(15-2)10(8)12(6-7-12)11(13)14/h3-5H,6-7H2,1-2H3,(H,13,14). The Balaban J connectivity index is 2.56. The SMILES string of the molecule is COc1cccc(C)c1C1(C(=O)O)CC1. The van der Waals surface area contributed by atoms with Crippen molar-refractivity contribution in [2.45, 2.75) is 25.2 Å². The van der Waals surface area contributed by atoms with Crippen molar-refractivity contribution in [3.8, 4) is 5.75 Å². The zero-order chi connectivity index (χ0) is 11.1. The number of hydrogen-bond donors (Lipinski definition) is 1. The lowest BCUT2D eigenvalue weighted by atomic mass is 9.91. The molecule has 0 atom stereocenters. The highest BCUT2D eigenvalue weighted by Crippen LogP contribution is 2.52. The van der Waals surface area contributed by atoms with Crippen molar-refractivity contribution < 1.29 is 14.6 Å². The first-order chi connectivity index (χ1) is 7.12. The van der Waals surface area contributed by atoms with E-state index in [-0.39, 0.29) is 0 Å². The molecule has 0 spiro atoms. The zero-order valence-corrected chi connectivity index (χ0v) is 8.91. The molecule has 1 N–H and O–H groups in total. The van der Waals surface area contributed by atoms with E-state index in [1.165, 1.54) is 0 Å². The van der Waals surface area contributed by atoms with E-state index in [0.29, 0.717) is 18.6 Å². The average molecular weight is 206 g/mol. The lowest BCUT2D eigenvalue weighted by molar-refractivity contribution is -0.140. The van der Waals surface area contributed by atoms with Gasteiger partial charge in [0.15, 0.2) is 0 Å². The summed E-state index contributed by atoms with van der Waals surface area (Å²) in [7, 11) is 1.58. The van der Waals surface area contributed by atoms with Gasteiger partial charge in [0.25, 0.3) is 0 Å². The van der Waals surface area contributed by atoms with Gasteiger partial charge in [0.05, 0.1) is 12.5 Å². The maximum atomic E-state index is 11.2. The van der Waals surface area contributed by atoms with Crippen LogP contribution in [-0.4, -0.2) is 18.2 Å². The first-order valence-electron chi connectivity index (χ1n) is 4.99. The summed E-state index contributed by atoms with van der Waals surface area (Å²) in [5.74, 6) is -0.0509. The van der Waals surface area contributed by atoms with Crippen molar-refractivity contribution in [1.29, 1.82) is 0 Å². The van der Waals surface area contributed by atoms with Crippen LogP contribution in [0.15, 0.2) is 18.2 Å². The summed E-state index contributed by atoms with van der Waals surface area (Å²) >= 11 is 0. The van der Waals surface area contributed by atoms with E-state index in [1.807, 2.05) is 25.1 Å². The molecule has 0 amide bonds. The van der Waals surface area contributed by atoms with Crippen LogP contribution in [0.4, 0.5) is 0 Å². The van der Waals surface area contributed by atoms with Gasteiger partial charge < -0.3 is 9.84 Å². The topological polar surface area (TPSA) is 46.5 Å². The van der Waals surface area contributed by atoms with Crippen molar-refractivity contribution in [2.75, 3.05) is 7.11 Å². The fraction of sp³-hybridized carbons (Fsp3) is 0.417. The van der Waals surface area contributed by atoms with Gasteiger partial charge in [0.1, 0.15) is 5.75 Å². The lowest BCUT2D eigenvalue weighted by Crippen LogP contribution is -2.21. The Hall–Kier alpha value is -1.51. The molecule has 15 heavy (non-hydrogen) atoms. The van der Waals surface area contributed by atoms with Crippen molar-refractivity contribution >= 4 is 5.97 Å². The molecule has 0 radical (unpaired) electrons. The largest absolute Gasteiger partial charge is 0.496 e. The van der Waals surface area contributed by atoms with Gasteiger partial charge in [0.2, 0.25) is 0 Å². The van der Waals surface area contributed by atoms with Gasteiger partial charge >= 0.3 is 5.97 Å². The van der Waals surface area contributed by atoms with E-state index in [1.54, 1.807) is 7.11 Å². The van der Waals surface area contributed by atoms with E-state index < -0.39 is 11.4 Å². The van der Waals surface area contributed by atoms with E-state index in [2.05, 4.69) is 0 Å². The Kier molecular flexibility index (Phi) is 2.18. The first kappa shape index (κ1) is 10.0. The minimum Gasteiger partial charge on any atom is -0.496 e. The number of carboxylic acid groups (broad SMARTS) is 1. The van der Waals surface area contributed by atoms with Gasteiger partial charge in [-0.2, -0.15) is 0 Å². The second kappa shape index (κ2) is 3.26. The Bertz CT molecular complexity index is 405. The number of benzene rings is 1. The normalized spacial score (nSPS) is 17.2. The third-order valence-electron chi connectivity index (χ3n) is 3.09. The number of rotatable bonds is 3. The van der Waals surface area contributed by atoms with E-state index in [0.717, 1.165) is 11.1 Å². The molecule has 0 aliphatic heterocycles. The highest BCUT2D eigenvalue weighted by Gasteiger charge is 2.54. The third kappa shape index (κ3) is 1.39. The number of carboxylic acids is 1. The van der Waals surface area contributed by atoms with Crippen molar-refractivity contribution in [3.63, 3.8) is 0 Å². The molecule has 0 aromatic heterocycles. The lowest BCUT2D eigenvalue weighted by Gasteiger charge is -2.17. The fourth-order valence-corrected chi connectivity index (χ4v) is 2.12. The van der Waals surface area contributed by atoms with Crippen LogP contribution < -0.4 is 4.74 Å². The second-order valence-electron chi connectivity index (χ2n) is 4.04. The summed E-state index contributed by atoms with van der Waals surface area (Å²) in [6.45, 7) is 1.93. The molecule has 0 saturated heterocycles. The average Bonchev–Trinajstić information content (AvgIpc) is 2.98. The van der Waals surface area contributed by atoms with Gasteiger partial charge in [-0.05, 0) is 31.4 Å². The smallest absolute Gasteiger partial charge is 0.314 e. The van der Waals surface area contributed by atoms with Crippen LogP contribution in [-0.2, 0) is 10.2 Å². The molecule has 1 fully saturated rings. The Morgan fingerprint density at radius 2 is 2.13 bits per heavy atom. The zero-order valence-electron chi connectivity index (χ0n) is 8.91. The summed E-state index contributed by atoms with van der Waals surface area (Å²) < 4.78 is 5.24. The van der Waals surface area contributed by atoms with Crippen LogP contribution >= 0.6 is 0 Å². The quantitative estimate of drug-likeness (QED) is 0.824. The van der Waals surface area contributed by atoms with Crippen LogP contribution in [0.5, 0.6) is 5.75 Å². The molecular formula is C12H14O3. The van der Waals surface area contributed by atoms with Crippen LogP contribution in [0.25, 0.3) is 0 Å². The van der Waals surface area contributed by atoms with Crippen molar-refractivity contribution in [1.82, 2.24) is 0 Å². The monoisotopic (exact) mass is 206 g/mol. The number of hydrogen-bond acceptors (Lipinski definition) is 2. The number of aliphatic carboxylic acids is 1. The second-order valence-corrected chi connectivity index (χ2v) is 4.04. The summed E-state index contributed by atoms with van der Waals surface area (Å²) in [6.07, 6.45) is 1.42. The van der Waals surface area contributed by atoms with Crippen LogP contribution in [0.1, 0.15) is 24.0 Å². The Labute approximate surface area is 88.7 Å². The van der Waals surface area contributed by atoms with Crippen LogP contribution in [0, 0.1) is 6.92 Å². The van der Waals surface area contributed by atoms with E-state index in [4.69, 9.17) is 4.74 Å². The Morgan fingerprint density at radius 1 is 1.47 bits per heavy atom. The maximum absolute atomic E-state index is 11.2.